The van der Waals surface area contributed by atoms with Crippen LogP contribution in [0.3, 0.4) is 0 Å². The molecule has 12 aliphatic carbocycles. The summed E-state index contributed by atoms with van der Waals surface area (Å²) in [5.74, 6) is -6.73. The molecule has 20 aliphatic rings. The highest BCUT2D eigenvalue weighted by Crippen LogP contribution is 2.59. The molecule has 20 fully saturated rings. The molecule has 28 heteroatoms. The van der Waals surface area contributed by atoms with E-state index in [0.29, 0.717) is 0 Å². The Bertz CT molecular complexity index is 3090. The van der Waals surface area contributed by atoms with Crippen molar-refractivity contribution in [3.63, 3.8) is 0 Å². The van der Waals surface area contributed by atoms with Gasteiger partial charge in [0, 0.05) is 103 Å². The van der Waals surface area contributed by atoms with E-state index in [2.05, 4.69) is 0 Å². The first kappa shape index (κ1) is 89.1. The molecule has 8 heterocycles. The largest absolute Gasteiger partial charge is 0.456 e. The molecular formula is C92H144O28. The summed E-state index contributed by atoms with van der Waals surface area (Å²) in [5.41, 5.74) is -2.70. The standard InChI is InChI=1S/4C23H36O7/c4*1-21(2,3)20(25)26-15-14(24)16-18(29-22(27-16)10-6-4-7-11-22)19-17(15)28-23(30-19)12-8-5-9-13-23/h4*14-19,24H,4-13H2,1-3H3/t4*14-,15-,16+,17-,18-,19-/m1100/s1. The highest BCUT2D eigenvalue weighted by atomic mass is 16.8. The molecule has 0 amide bonds. The Hall–Kier alpha value is -2.92. The zero-order valence-corrected chi connectivity index (χ0v) is 73.7. The molecule has 8 saturated heterocycles. The van der Waals surface area contributed by atoms with Gasteiger partial charge in [-0.2, -0.15) is 0 Å². The van der Waals surface area contributed by atoms with Gasteiger partial charge in [0.05, 0.1) is 21.7 Å². The quantitative estimate of drug-likeness (QED) is 0.150. The lowest BCUT2D eigenvalue weighted by Crippen LogP contribution is -2.63. The zero-order chi connectivity index (χ0) is 84.6. The maximum atomic E-state index is 12.7. The van der Waals surface area contributed by atoms with Gasteiger partial charge in [-0.3, -0.25) is 19.2 Å². The summed E-state index contributed by atoms with van der Waals surface area (Å²) in [5, 5.41) is 45.1. The predicted octanol–water partition coefficient (Wildman–Crippen LogP) is 12.8. The topological polar surface area (TPSA) is 334 Å². The SMILES string of the molecule is CC(C)(C)C(=O)O[C@@H]1[C@@H](O)[C@@H]2OC3(CCCCC3)O[C@H]2[C@@H]2OC3(CCCCC3)O[C@@H]21.CC(C)(C)C(=O)O[C@@H]1[C@@H](O)[C@@H]2OC3(CCCCC3)O[C@H]2[C@@H]2OC3(CCCCC3)O[C@@H]21.CC(C)(C)C(=O)O[C@H]1[C@H](O)[C@H]2OC3(CCCCC3)O[C@@H]2[C@H]2OC3(CCCCC3)O[C@H]21.CC(C)(C)C(=O)O[C@H]1[C@H](O)[C@H]2OC3(CCCCC3)O[C@@H]2[C@H]2OC3(CCCCC3)O[C@H]21. The van der Waals surface area contributed by atoms with E-state index in [4.69, 9.17) is 94.7 Å². The van der Waals surface area contributed by atoms with E-state index in [1.54, 1.807) is 0 Å². The molecule has 0 bridgehead atoms. The number of hydrogen-bond acceptors (Lipinski definition) is 28. The summed E-state index contributed by atoms with van der Waals surface area (Å²) >= 11 is 0. The summed E-state index contributed by atoms with van der Waals surface area (Å²) in [6.45, 7) is 21.7. The van der Waals surface area contributed by atoms with Crippen LogP contribution >= 0.6 is 0 Å². The number of ether oxygens (including phenoxy) is 20. The van der Waals surface area contributed by atoms with E-state index >= 15 is 0 Å². The van der Waals surface area contributed by atoms with Gasteiger partial charge in [0.1, 0.15) is 122 Å². The first-order valence-corrected chi connectivity index (χ1v) is 47.3. The molecule has 0 aromatic carbocycles. The summed E-state index contributed by atoms with van der Waals surface area (Å²) in [7, 11) is 0. The van der Waals surface area contributed by atoms with Crippen LogP contribution in [0.25, 0.3) is 0 Å². The number of carbonyl (C=O) groups is 4. The molecule has 28 nitrogen and oxygen atoms in total. The van der Waals surface area contributed by atoms with Crippen LogP contribution in [0, 0.1) is 21.7 Å². The maximum absolute atomic E-state index is 12.7. The molecule has 20 rings (SSSR count). The lowest BCUT2D eigenvalue weighted by atomic mass is 9.84. The lowest BCUT2D eigenvalue weighted by molar-refractivity contribution is -0.227. The van der Waals surface area contributed by atoms with Gasteiger partial charge in [0.25, 0.3) is 0 Å². The van der Waals surface area contributed by atoms with Crippen molar-refractivity contribution in [3.8, 4) is 0 Å². The first-order valence-electron chi connectivity index (χ1n) is 47.3. The minimum atomic E-state index is -1.01. The van der Waals surface area contributed by atoms with Crippen LogP contribution in [0.5, 0.6) is 0 Å². The Morgan fingerprint density at radius 3 is 0.425 bits per heavy atom. The summed E-state index contributed by atoms with van der Waals surface area (Å²) < 4.78 is 127. The summed E-state index contributed by atoms with van der Waals surface area (Å²) in [4.78, 5) is 50.9. The molecule has 680 valence electrons. The van der Waals surface area contributed by atoms with Crippen molar-refractivity contribution in [2.24, 2.45) is 21.7 Å². The number of aliphatic hydroxyl groups excluding tert-OH is 4. The smallest absolute Gasteiger partial charge is 0.311 e. The number of aliphatic hydroxyl groups is 4. The fourth-order valence-electron chi connectivity index (χ4n) is 23.3. The summed E-state index contributed by atoms with van der Waals surface area (Å²) in [6.07, 6.45) is 24.1. The predicted molar refractivity (Wildman–Crippen MR) is 426 cm³/mol. The minimum absolute atomic E-state index is 0.358. The zero-order valence-electron chi connectivity index (χ0n) is 73.7. The Kier molecular flexibility index (Phi) is 25.1. The molecule has 4 N–H and O–H groups in total. The van der Waals surface area contributed by atoms with E-state index in [-0.39, 0.29) is 23.9 Å². The van der Waals surface area contributed by atoms with E-state index in [1.165, 1.54) is 51.4 Å². The Labute approximate surface area is 709 Å². The first-order chi connectivity index (χ1) is 56.9. The number of carbonyl (C=O) groups excluding carboxylic acids is 4. The molecule has 24 atom stereocenters. The van der Waals surface area contributed by atoms with Gasteiger partial charge in [-0.25, -0.2) is 0 Å². The molecule has 120 heavy (non-hydrogen) atoms. The van der Waals surface area contributed by atoms with Crippen LogP contribution < -0.4 is 0 Å². The Balaban J connectivity index is 0.000000114. The average Bonchev–Trinajstić information content (AvgIpc) is 1.58. The molecule has 8 aliphatic heterocycles. The van der Waals surface area contributed by atoms with Crippen molar-refractivity contribution in [2.75, 3.05) is 0 Å². The number of rotatable bonds is 4. The van der Waals surface area contributed by atoms with Crippen LogP contribution in [0.15, 0.2) is 0 Å². The van der Waals surface area contributed by atoms with Crippen molar-refractivity contribution in [1.29, 1.82) is 0 Å². The summed E-state index contributed by atoms with van der Waals surface area (Å²) in [6, 6.07) is 0. The molecule has 12 saturated carbocycles. The lowest BCUT2D eigenvalue weighted by Gasteiger charge is -2.40. The van der Waals surface area contributed by atoms with Crippen molar-refractivity contribution in [3.05, 3.63) is 0 Å². The second-order valence-electron chi connectivity index (χ2n) is 43.5. The van der Waals surface area contributed by atoms with Crippen LogP contribution in [-0.4, -0.2) is 237 Å². The van der Waals surface area contributed by atoms with Gasteiger partial charge in [-0.05, 0) is 186 Å². The second-order valence-corrected chi connectivity index (χ2v) is 43.5. The Morgan fingerprint density at radius 2 is 0.300 bits per heavy atom. The molecule has 8 spiro atoms. The van der Waals surface area contributed by atoms with Gasteiger partial charge < -0.3 is 115 Å². The van der Waals surface area contributed by atoms with E-state index in [9.17, 15) is 39.6 Å². The third-order valence-electron chi connectivity index (χ3n) is 29.8. The van der Waals surface area contributed by atoms with Crippen LogP contribution in [0.1, 0.15) is 340 Å². The molecule has 0 aromatic heterocycles. The number of hydrogen-bond donors (Lipinski definition) is 4. The number of fused-ring (bicyclic) bond motifs is 12. The van der Waals surface area contributed by atoms with Crippen LogP contribution in [0.2, 0.25) is 0 Å². The van der Waals surface area contributed by atoms with Crippen LogP contribution in [-0.2, 0) is 114 Å². The third-order valence-corrected chi connectivity index (χ3v) is 29.8. The normalized spacial score (nSPS) is 42.1. The van der Waals surface area contributed by atoms with Crippen molar-refractivity contribution in [1.82, 2.24) is 0 Å². The number of esters is 4. The highest BCUT2D eigenvalue weighted by Gasteiger charge is 2.73. The van der Waals surface area contributed by atoms with Crippen molar-refractivity contribution in [2.45, 2.75) is 533 Å². The fourth-order valence-corrected chi connectivity index (χ4v) is 23.3. The van der Waals surface area contributed by atoms with Gasteiger partial charge in [-0.1, -0.05) is 51.4 Å². The van der Waals surface area contributed by atoms with E-state index in [1.807, 2.05) is 83.1 Å². The Morgan fingerprint density at radius 1 is 0.192 bits per heavy atom. The maximum Gasteiger partial charge on any atom is 0.311 e. The van der Waals surface area contributed by atoms with E-state index < -0.39 is 214 Å². The third kappa shape index (κ3) is 17.4. The van der Waals surface area contributed by atoms with Gasteiger partial charge in [0.2, 0.25) is 0 Å². The van der Waals surface area contributed by atoms with Crippen molar-refractivity contribution >= 4 is 23.9 Å². The monoisotopic (exact) mass is 1700 g/mol. The fraction of sp³-hybridized carbons (Fsp3) is 0.957. The highest BCUT2D eigenvalue weighted by molar-refractivity contribution is 5.77. The van der Waals surface area contributed by atoms with Gasteiger partial charge in [0.15, 0.2) is 70.7 Å². The molecule has 0 radical (unpaired) electrons. The van der Waals surface area contributed by atoms with Gasteiger partial charge >= 0.3 is 23.9 Å². The second kappa shape index (κ2) is 33.9. The van der Waals surface area contributed by atoms with E-state index in [0.717, 1.165) is 205 Å². The molecular weight excluding hydrogens is 1550 g/mol. The molecule has 0 aromatic rings. The average molecular weight is 1700 g/mol. The molecule has 0 unspecified atom stereocenters. The van der Waals surface area contributed by atoms with Gasteiger partial charge in [-0.15, -0.1) is 0 Å². The van der Waals surface area contributed by atoms with Crippen LogP contribution in [0.4, 0.5) is 0 Å². The van der Waals surface area contributed by atoms with Crippen molar-refractivity contribution < 1.29 is 134 Å². The minimum Gasteiger partial charge on any atom is -0.456 e.